The molecule has 0 atom stereocenters. The summed E-state index contributed by atoms with van der Waals surface area (Å²) in [5, 5.41) is 18.9. The number of pyridine rings is 2. The van der Waals surface area contributed by atoms with Crippen molar-refractivity contribution >= 4 is 11.4 Å². The summed E-state index contributed by atoms with van der Waals surface area (Å²) in [6.07, 6.45) is 1.50. The maximum atomic E-state index is 14.6. The molecule has 0 fully saturated rings. The second-order valence-corrected chi connectivity index (χ2v) is 8.04. The number of fused-ring (bicyclic) bond motifs is 3. The van der Waals surface area contributed by atoms with Crippen LogP contribution in [0.15, 0.2) is 29.3 Å². The molecule has 2 heterocycles. The fourth-order valence-electron chi connectivity index (χ4n) is 4.38. The van der Waals surface area contributed by atoms with E-state index in [1.165, 1.54) is 6.19 Å². The SMILES string of the molecule is [C-]#[N+]c1cc2c(cc1-c1c(F)c(F)nc(F)c1F)-c1cc(-c3c(F)c(F)nc(F)c3F)c(C#N)cc1C2=NC#N. The summed E-state index contributed by atoms with van der Waals surface area (Å²) in [6, 6.07) is 5.39. The van der Waals surface area contributed by atoms with Gasteiger partial charge in [0.25, 0.3) is 23.8 Å². The van der Waals surface area contributed by atoms with E-state index in [4.69, 9.17) is 6.57 Å². The molecule has 1 aliphatic rings. The van der Waals surface area contributed by atoms with Crippen molar-refractivity contribution in [3.63, 3.8) is 0 Å². The summed E-state index contributed by atoms with van der Waals surface area (Å²) < 4.78 is 114. The Morgan fingerprint density at radius 1 is 0.625 bits per heavy atom. The Kier molecular flexibility index (Phi) is 6.00. The maximum Gasteiger partial charge on any atom is 0.252 e. The summed E-state index contributed by atoms with van der Waals surface area (Å²) in [5.41, 5.74) is -5.53. The van der Waals surface area contributed by atoms with Gasteiger partial charge in [-0.3, -0.25) is 0 Å². The molecular weight excluding hydrogens is 548 g/mol. The van der Waals surface area contributed by atoms with Crippen LogP contribution in [0.1, 0.15) is 16.7 Å². The molecule has 1 aliphatic carbocycles. The molecule has 14 heteroatoms. The predicted octanol–water partition coefficient (Wildman–Crippen LogP) is 6.64. The Hall–Kier alpha value is -5.68. The molecule has 0 aliphatic heterocycles. The van der Waals surface area contributed by atoms with Crippen LogP contribution in [0.4, 0.5) is 40.8 Å². The lowest BCUT2D eigenvalue weighted by atomic mass is 9.92. The summed E-state index contributed by atoms with van der Waals surface area (Å²) >= 11 is 0. The van der Waals surface area contributed by atoms with Crippen molar-refractivity contribution < 1.29 is 35.1 Å². The Balaban J connectivity index is 1.91. The maximum absolute atomic E-state index is 14.6. The number of nitriles is 2. The zero-order chi connectivity index (χ0) is 29.0. The Morgan fingerprint density at radius 2 is 1.07 bits per heavy atom. The highest BCUT2D eigenvalue weighted by Crippen LogP contribution is 2.47. The fourth-order valence-corrected chi connectivity index (χ4v) is 4.38. The molecule has 0 unspecified atom stereocenters. The topological polar surface area (TPSA) is 90.1 Å². The van der Waals surface area contributed by atoms with Crippen molar-refractivity contribution in [1.29, 1.82) is 10.5 Å². The van der Waals surface area contributed by atoms with E-state index in [2.05, 4.69) is 19.8 Å². The molecule has 6 nitrogen and oxygen atoms in total. The lowest BCUT2D eigenvalue weighted by Gasteiger charge is -2.13. The van der Waals surface area contributed by atoms with Crippen LogP contribution in [0, 0.1) is 76.4 Å². The van der Waals surface area contributed by atoms with Crippen molar-refractivity contribution in [3.05, 3.63) is 99.4 Å². The number of aromatic nitrogens is 2. The fraction of sp³-hybridized carbons (Fsp3) is 0. The molecule has 5 rings (SSSR count). The minimum Gasteiger partial charge on any atom is -0.237 e. The first kappa shape index (κ1) is 25.9. The largest absolute Gasteiger partial charge is 0.252 e. The normalized spacial score (nSPS) is 12.5. The van der Waals surface area contributed by atoms with Crippen LogP contribution in [0.5, 0.6) is 0 Å². The van der Waals surface area contributed by atoms with Crippen LogP contribution in [-0.4, -0.2) is 15.7 Å². The predicted molar refractivity (Wildman–Crippen MR) is 120 cm³/mol. The molecule has 0 saturated heterocycles. The van der Waals surface area contributed by atoms with Gasteiger partial charge in [0.15, 0.2) is 29.0 Å². The first-order chi connectivity index (χ1) is 19.0. The van der Waals surface area contributed by atoms with E-state index in [0.29, 0.717) is 0 Å². The van der Waals surface area contributed by atoms with Crippen molar-refractivity contribution in [2.24, 2.45) is 4.99 Å². The zero-order valence-corrected chi connectivity index (χ0v) is 19.0. The zero-order valence-electron chi connectivity index (χ0n) is 19.0. The number of halogens is 8. The number of hydrogen-bond donors (Lipinski definition) is 0. The van der Waals surface area contributed by atoms with Crippen LogP contribution in [0.3, 0.4) is 0 Å². The first-order valence-electron chi connectivity index (χ1n) is 10.6. The third-order valence-electron chi connectivity index (χ3n) is 6.03. The van der Waals surface area contributed by atoms with E-state index in [1.807, 2.05) is 0 Å². The highest BCUT2D eigenvalue weighted by Gasteiger charge is 2.33. The van der Waals surface area contributed by atoms with Gasteiger partial charge < -0.3 is 0 Å². The van der Waals surface area contributed by atoms with Gasteiger partial charge in [0.1, 0.15) is 0 Å². The average Bonchev–Trinajstić information content (AvgIpc) is 3.21. The second-order valence-electron chi connectivity index (χ2n) is 8.04. The van der Waals surface area contributed by atoms with E-state index in [9.17, 15) is 45.6 Å². The minimum absolute atomic E-state index is 0.0452. The average molecular weight is 552 g/mol. The van der Waals surface area contributed by atoms with E-state index in [0.717, 1.165) is 24.3 Å². The molecule has 2 aromatic heterocycles. The molecule has 0 spiro atoms. The number of rotatable bonds is 2. The quantitative estimate of drug-likeness (QED) is 0.106. The summed E-state index contributed by atoms with van der Waals surface area (Å²) in [4.78, 5) is 11.7. The molecule has 0 amide bonds. The van der Waals surface area contributed by atoms with Gasteiger partial charge in [-0.05, 0) is 40.5 Å². The van der Waals surface area contributed by atoms with Crippen LogP contribution in [0.25, 0.3) is 38.2 Å². The van der Waals surface area contributed by atoms with Crippen LogP contribution in [0.2, 0.25) is 0 Å². The van der Waals surface area contributed by atoms with E-state index in [-0.39, 0.29) is 28.0 Å². The van der Waals surface area contributed by atoms with E-state index < -0.39 is 80.6 Å². The van der Waals surface area contributed by atoms with Crippen molar-refractivity contribution in [1.82, 2.24) is 9.97 Å². The van der Waals surface area contributed by atoms with E-state index >= 15 is 0 Å². The highest BCUT2D eigenvalue weighted by molar-refractivity contribution is 6.26. The van der Waals surface area contributed by atoms with E-state index in [1.54, 1.807) is 6.07 Å². The number of benzene rings is 2. The van der Waals surface area contributed by atoms with Gasteiger partial charge in [-0.25, -0.2) is 22.4 Å². The lowest BCUT2D eigenvalue weighted by Crippen LogP contribution is -2.05. The smallest absolute Gasteiger partial charge is 0.237 e. The molecule has 0 saturated carbocycles. The van der Waals surface area contributed by atoms with Crippen LogP contribution >= 0.6 is 0 Å². The Labute approximate surface area is 217 Å². The van der Waals surface area contributed by atoms with Gasteiger partial charge in [0.05, 0.1) is 35.0 Å². The third kappa shape index (κ3) is 3.64. The lowest BCUT2D eigenvalue weighted by molar-refractivity contribution is 0.410. The van der Waals surface area contributed by atoms with Crippen molar-refractivity contribution in [2.75, 3.05) is 0 Å². The summed E-state index contributed by atoms with van der Waals surface area (Å²) in [5.74, 6) is -15.8. The standard InChI is InChI=1S/C26H4F8N6/c1-37-15-5-13-11(4-14(15)17-20(29)25(33)40-26(34)21(17)30)10-3-9(8(6-35)2-12(10)22(13)38-7-36)16-18(27)23(31)39-24(32)19(16)28/h2-5H. The number of hydrogen-bond acceptors (Lipinski definition) is 5. The molecule has 0 N–H and O–H groups in total. The van der Waals surface area contributed by atoms with Gasteiger partial charge in [-0.1, -0.05) is 6.07 Å². The molecule has 2 aromatic carbocycles. The highest BCUT2D eigenvalue weighted by atomic mass is 19.2. The first-order valence-corrected chi connectivity index (χ1v) is 10.6. The molecule has 40 heavy (non-hydrogen) atoms. The molecular formula is C26H4F8N6. The monoisotopic (exact) mass is 552 g/mol. The van der Waals surface area contributed by atoms with Gasteiger partial charge in [0, 0.05) is 11.1 Å². The molecule has 0 bridgehead atoms. The Morgan fingerprint density at radius 3 is 1.52 bits per heavy atom. The minimum atomic E-state index is -2.01. The van der Waals surface area contributed by atoms with Gasteiger partial charge >= 0.3 is 0 Å². The Bertz CT molecular complexity index is 1800. The van der Waals surface area contributed by atoms with Crippen LogP contribution < -0.4 is 0 Å². The van der Waals surface area contributed by atoms with Gasteiger partial charge in [0.2, 0.25) is 6.19 Å². The summed E-state index contributed by atoms with van der Waals surface area (Å²) in [7, 11) is 0. The molecule has 0 radical (unpaired) electrons. The molecule has 4 aromatic rings. The third-order valence-corrected chi connectivity index (χ3v) is 6.03. The summed E-state index contributed by atoms with van der Waals surface area (Å²) in [6.45, 7) is 7.44. The van der Waals surface area contributed by atoms with Gasteiger partial charge in [-0.2, -0.15) is 43.0 Å². The second kappa shape index (κ2) is 9.26. The number of nitrogens with zero attached hydrogens (tertiary/aromatic N) is 6. The van der Waals surface area contributed by atoms with Gasteiger partial charge in [-0.15, -0.1) is 0 Å². The van der Waals surface area contributed by atoms with Crippen LogP contribution in [-0.2, 0) is 0 Å². The van der Waals surface area contributed by atoms with Crippen molar-refractivity contribution in [2.45, 2.75) is 0 Å². The van der Waals surface area contributed by atoms with Crippen molar-refractivity contribution in [3.8, 4) is 45.6 Å². The number of aliphatic imine (C=N–C) groups is 1. The molecule has 194 valence electrons.